The maximum atomic E-state index is 15.2. The van der Waals surface area contributed by atoms with Gasteiger partial charge in [-0.25, -0.2) is 4.39 Å². The summed E-state index contributed by atoms with van der Waals surface area (Å²) in [5.41, 5.74) is 0.694. The molecule has 4 aromatic rings. The van der Waals surface area contributed by atoms with Crippen LogP contribution in [0, 0.1) is 24.1 Å². The van der Waals surface area contributed by atoms with Gasteiger partial charge >= 0.3 is 0 Å². The Labute approximate surface area is 208 Å². The van der Waals surface area contributed by atoms with E-state index in [-0.39, 0.29) is 39.7 Å². The van der Waals surface area contributed by atoms with Crippen molar-refractivity contribution in [2.24, 2.45) is 0 Å². The summed E-state index contributed by atoms with van der Waals surface area (Å²) >= 11 is 7.00. The predicted octanol–water partition coefficient (Wildman–Crippen LogP) is 5.41. The van der Waals surface area contributed by atoms with E-state index in [0.29, 0.717) is 21.5 Å². The molecule has 0 aliphatic rings. The third-order valence-electron chi connectivity index (χ3n) is 4.86. The number of aryl methyl sites for hydroxylation is 1. The number of carbonyl (C=O) groups excluding carboxylic acids is 1. The van der Waals surface area contributed by atoms with E-state index in [4.69, 9.17) is 21.1 Å². The molecule has 1 N–H and O–H groups in total. The van der Waals surface area contributed by atoms with E-state index in [1.807, 2.05) is 6.07 Å². The molecule has 8 nitrogen and oxygen atoms in total. The number of rotatable bonds is 7. The van der Waals surface area contributed by atoms with Gasteiger partial charge in [-0.2, -0.15) is 5.26 Å². The van der Waals surface area contributed by atoms with E-state index in [0.717, 1.165) is 11.3 Å². The van der Waals surface area contributed by atoms with Gasteiger partial charge in [-0.15, -0.1) is 10.2 Å². The number of nitrogens with zero attached hydrogens (tertiary/aromatic N) is 4. The van der Waals surface area contributed by atoms with Gasteiger partial charge < -0.3 is 9.47 Å². The fourth-order valence-corrected chi connectivity index (χ4v) is 3.99. The molecule has 0 saturated carbocycles. The first-order valence-corrected chi connectivity index (χ1v) is 11.3. The van der Waals surface area contributed by atoms with Crippen LogP contribution in [0.5, 0.6) is 11.5 Å². The third kappa shape index (κ3) is 5.37. The fourth-order valence-electron chi connectivity index (χ4n) is 3.22. The largest absolute Gasteiger partial charge is 0.496 e. The highest BCUT2D eigenvalue weighted by molar-refractivity contribution is 7.15. The molecular weight excluding hydrogens is 493 g/mol. The molecule has 1 amide bonds. The number of carbonyl (C=O) groups is 1. The van der Waals surface area contributed by atoms with Crippen LogP contribution >= 0.6 is 22.9 Å². The van der Waals surface area contributed by atoms with Crippen molar-refractivity contribution in [2.75, 3.05) is 12.4 Å². The van der Waals surface area contributed by atoms with Gasteiger partial charge in [0.25, 0.3) is 5.91 Å². The normalized spacial score (nSPS) is 10.5. The lowest BCUT2D eigenvalue weighted by Crippen LogP contribution is -2.14. The number of halogens is 2. The zero-order chi connectivity index (χ0) is 24.9. The molecule has 176 valence electrons. The highest BCUT2D eigenvalue weighted by atomic mass is 35.5. The van der Waals surface area contributed by atoms with Crippen molar-refractivity contribution in [1.29, 1.82) is 5.26 Å². The number of nitriles is 1. The molecule has 0 bridgehead atoms. The molecule has 0 saturated heterocycles. The number of anilines is 1. The van der Waals surface area contributed by atoms with Gasteiger partial charge in [-0.3, -0.25) is 15.1 Å². The van der Waals surface area contributed by atoms with Crippen molar-refractivity contribution < 1.29 is 18.7 Å². The minimum absolute atomic E-state index is 0.00322. The van der Waals surface area contributed by atoms with Crippen LogP contribution in [-0.2, 0) is 6.61 Å². The number of amides is 1. The minimum Gasteiger partial charge on any atom is -0.496 e. The Balaban J connectivity index is 1.58. The minimum atomic E-state index is -0.788. The molecule has 0 fully saturated rings. The van der Waals surface area contributed by atoms with Crippen LogP contribution in [0.1, 0.15) is 26.6 Å². The van der Waals surface area contributed by atoms with Gasteiger partial charge in [0.05, 0.1) is 23.8 Å². The van der Waals surface area contributed by atoms with E-state index in [1.54, 1.807) is 37.3 Å². The predicted molar refractivity (Wildman–Crippen MR) is 129 cm³/mol. The number of ether oxygens (including phenoxy) is 2. The zero-order valence-electron chi connectivity index (χ0n) is 18.5. The second-order valence-electron chi connectivity index (χ2n) is 7.19. The van der Waals surface area contributed by atoms with Gasteiger partial charge in [-0.1, -0.05) is 22.9 Å². The quantitative estimate of drug-likeness (QED) is 0.354. The monoisotopic (exact) mass is 509 g/mol. The van der Waals surface area contributed by atoms with Crippen molar-refractivity contribution in [3.63, 3.8) is 0 Å². The van der Waals surface area contributed by atoms with E-state index in [1.165, 1.54) is 25.4 Å². The number of pyridine rings is 1. The molecule has 2 aromatic carbocycles. The number of nitrogens with one attached hydrogen (secondary N) is 1. The van der Waals surface area contributed by atoms with Crippen LogP contribution in [0.25, 0.3) is 11.1 Å². The fraction of sp³-hybridized carbons (Fsp3) is 0.125. The van der Waals surface area contributed by atoms with Crippen LogP contribution in [0.2, 0.25) is 5.02 Å². The number of hydrogen-bond acceptors (Lipinski definition) is 8. The first-order valence-electron chi connectivity index (χ1n) is 10.1. The second-order valence-corrected chi connectivity index (χ2v) is 8.68. The number of hydrogen-bond donors (Lipinski definition) is 1. The molecule has 0 unspecified atom stereocenters. The lowest BCUT2D eigenvalue weighted by molar-refractivity contribution is 0.102. The van der Waals surface area contributed by atoms with Gasteiger partial charge in [0.15, 0.2) is 10.8 Å². The van der Waals surface area contributed by atoms with Crippen molar-refractivity contribution in [3.05, 3.63) is 81.3 Å². The summed E-state index contributed by atoms with van der Waals surface area (Å²) in [6.45, 7) is 1.86. The molecule has 2 aromatic heterocycles. The smallest absolute Gasteiger partial charge is 0.259 e. The highest BCUT2D eigenvalue weighted by Gasteiger charge is 2.23. The first kappa shape index (κ1) is 24.1. The molecule has 0 spiro atoms. The molecule has 35 heavy (non-hydrogen) atoms. The molecule has 11 heteroatoms. The Morgan fingerprint density at radius 3 is 2.71 bits per heavy atom. The SMILES string of the molecule is COc1ccc(C#N)c(F)c1-c1cc(C)ncc1C(=O)Nc1nnc(COc2ccc(Cl)cc2)s1. The van der Waals surface area contributed by atoms with Crippen molar-refractivity contribution >= 4 is 34.0 Å². The maximum absolute atomic E-state index is 15.2. The maximum Gasteiger partial charge on any atom is 0.259 e. The lowest BCUT2D eigenvalue weighted by atomic mass is 9.96. The number of methoxy groups -OCH3 is 1. The second kappa shape index (κ2) is 10.5. The van der Waals surface area contributed by atoms with Gasteiger partial charge in [0, 0.05) is 22.5 Å². The Hall–Kier alpha value is -4.07. The van der Waals surface area contributed by atoms with Crippen LogP contribution in [0.3, 0.4) is 0 Å². The summed E-state index contributed by atoms with van der Waals surface area (Å²) < 4.78 is 26.1. The Bertz CT molecular complexity index is 1440. The summed E-state index contributed by atoms with van der Waals surface area (Å²) in [6.07, 6.45) is 1.34. The highest BCUT2D eigenvalue weighted by Crippen LogP contribution is 2.37. The first-order chi connectivity index (χ1) is 16.9. The van der Waals surface area contributed by atoms with Gasteiger partial charge in [0.2, 0.25) is 5.13 Å². The average molecular weight is 510 g/mol. The number of aromatic nitrogens is 3. The van der Waals surface area contributed by atoms with E-state index in [9.17, 15) is 10.1 Å². The van der Waals surface area contributed by atoms with Crippen molar-refractivity contribution in [3.8, 4) is 28.7 Å². The molecule has 0 atom stereocenters. The summed E-state index contributed by atoms with van der Waals surface area (Å²) in [5, 5.41) is 21.3. The molecule has 4 rings (SSSR count). The average Bonchev–Trinajstić information content (AvgIpc) is 3.30. The number of benzene rings is 2. The Morgan fingerprint density at radius 2 is 2.00 bits per heavy atom. The van der Waals surface area contributed by atoms with Gasteiger partial charge in [-0.05, 0) is 49.4 Å². The van der Waals surface area contributed by atoms with Crippen LogP contribution in [0.15, 0.2) is 48.7 Å². The van der Waals surface area contributed by atoms with E-state index < -0.39 is 11.7 Å². The van der Waals surface area contributed by atoms with Crippen molar-refractivity contribution in [2.45, 2.75) is 13.5 Å². The third-order valence-corrected chi connectivity index (χ3v) is 5.93. The Morgan fingerprint density at radius 1 is 1.23 bits per heavy atom. The van der Waals surface area contributed by atoms with Crippen LogP contribution in [-0.4, -0.2) is 28.2 Å². The summed E-state index contributed by atoms with van der Waals surface area (Å²) in [5.74, 6) is -0.568. The standard InChI is InChI=1S/C24H17ClFN5O3S/c1-13-9-17(21-19(33-2)8-3-14(10-27)22(21)26)18(11-28-13)23(32)29-24-31-30-20(35-24)12-34-16-6-4-15(25)5-7-16/h3-9,11H,12H2,1-2H3,(H,29,31,32). The summed E-state index contributed by atoms with van der Waals surface area (Å²) in [6, 6.07) is 13.0. The topological polar surface area (TPSA) is 110 Å². The summed E-state index contributed by atoms with van der Waals surface area (Å²) in [4.78, 5) is 17.3. The molecular formula is C24H17ClFN5O3S. The van der Waals surface area contributed by atoms with Crippen LogP contribution < -0.4 is 14.8 Å². The zero-order valence-corrected chi connectivity index (χ0v) is 20.1. The Kier molecular flexibility index (Phi) is 7.19. The van der Waals surface area contributed by atoms with Gasteiger partial charge in [0.1, 0.15) is 24.2 Å². The molecule has 0 aliphatic heterocycles. The van der Waals surface area contributed by atoms with Crippen LogP contribution in [0.4, 0.5) is 9.52 Å². The van der Waals surface area contributed by atoms with Crippen molar-refractivity contribution in [1.82, 2.24) is 15.2 Å². The molecule has 0 aliphatic carbocycles. The molecule has 0 radical (unpaired) electrons. The van der Waals surface area contributed by atoms with E-state index >= 15 is 4.39 Å². The van der Waals surface area contributed by atoms with E-state index in [2.05, 4.69) is 20.5 Å². The lowest BCUT2D eigenvalue weighted by Gasteiger charge is -2.14. The summed E-state index contributed by atoms with van der Waals surface area (Å²) in [7, 11) is 1.38. The molecule has 2 heterocycles.